The predicted octanol–water partition coefficient (Wildman–Crippen LogP) is 2.91. The van der Waals surface area contributed by atoms with E-state index >= 15 is 0 Å². The monoisotopic (exact) mass is 230 g/mol. The van der Waals surface area contributed by atoms with Gasteiger partial charge in [-0.05, 0) is 24.5 Å². The summed E-state index contributed by atoms with van der Waals surface area (Å²) in [6.45, 7) is 0.536. The molecule has 0 amide bonds. The van der Waals surface area contributed by atoms with Crippen molar-refractivity contribution < 1.29 is 13.2 Å². The van der Waals surface area contributed by atoms with Crippen molar-refractivity contribution in [3.63, 3.8) is 0 Å². The van der Waals surface area contributed by atoms with Crippen LogP contribution >= 0.6 is 0 Å². The van der Waals surface area contributed by atoms with Gasteiger partial charge in [0.15, 0.2) is 0 Å². The van der Waals surface area contributed by atoms with Crippen molar-refractivity contribution in [1.82, 2.24) is 0 Å². The van der Waals surface area contributed by atoms with Gasteiger partial charge in [0.25, 0.3) is 0 Å². The molecule has 2 nitrogen and oxygen atoms in total. The predicted molar refractivity (Wildman–Crippen MR) is 56.1 cm³/mol. The number of halogens is 3. The van der Waals surface area contributed by atoms with Gasteiger partial charge >= 0.3 is 6.18 Å². The third kappa shape index (κ3) is 2.00. The maximum Gasteiger partial charge on any atom is 0.418 e. The molecular formula is C11H13F3N2. The van der Waals surface area contributed by atoms with E-state index in [1.54, 1.807) is 6.07 Å². The van der Waals surface area contributed by atoms with Crippen molar-refractivity contribution in [1.29, 1.82) is 0 Å². The van der Waals surface area contributed by atoms with E-state index < -0.39 is 11.7 Å². The number of nitrogens with two attached hydrogens (primary N) is 1. The fraction of sp³-hybridized carbons (Fsp3) is 0.455. The number of hydrogen-bond donors (Lipinski definition) is 2. The van der Waals surface area contributed by atoms with Crippen LogP contribution in [0.2, 0.25) is 0 Å². The Hall–Kier alpha value is -1.23. The third-order valence-corrected chi connectivity index (χ3v) is 2.80. The summed E-state index contributed by atoms with van der Waals surface area (Å²) in [6.07, 6.45) is -2.84. The summed E-state index contributed by atoms with van der Waals surface area (Å²) in [5, 5.41) is 2.83. The molecule has 0 radical (unpaired) electrons. The van der Waals surface area contributed by atoms with Crippen LogP contribution in [0.1, 0.15) is 30.0 Å². The number of para-hydroxylation sites is 1. The Morgan fingerprint density at radius 2 is 2.06 bits per heavy atom. The van der Waals surface area contributed by atoms with Crippen LogP contribution in [0.25, 0.3) is 0 Å². The highest BCUT2D eigenvalue weighted by atomic mass is 19.4. The summed E-state index contributed by atoms with van der Waals surface area (Å²) in [4.78, 5) is 0. The van der Waals surface area contributed by atoms with E-state index in [4.69, 9.17) is 5.73 Å². The Bertz CT molecular complexity index is 387. The highest BCUT2D eigenvalue weighted by Gasteiger charge is 2.35. The van der Waals surface area contributed by atoms with Crippen LogP contribution in [0, 0.1) is 0 Å². The molecule has 3 N–H and O–H groups in total. The highest BCUT2D eigenvalue weighted by Crippen LogP contribution is 2.39. The van der Waals surface area contributed by atoms with Gasteiger partial charge in [-0.15, -0.1) is 0 Å². The van der Waals surface area contributed by atoms with Crippen molar-refractivity contribution >= 4 is 5.69 Å². The molecule has 5 heteroatoms. The van der Waals surface area contributed by atoms with Gasteiger partial charge in [-0.1, -0.05) is 12.1 Å². The van der Waals surface area contributed by atoms with Crippen LogP contribution < -0.4 is 11.1 Å². The molecule has 1 aliphatic heterocycles. The summed E-state index contributed by atoms with van der Waals surface area (Å²) in [5.74, 6) is 0. The molecule has 0 saturated heterocycles. The zero-order chi connectivity index (χ0) is 11.8. The van der Waals surface area contributed by atoms with Gasteiger partial charge in [0, 0.05) is 12.6 Å². The van der Waals surface area contributed by atoms with E-state index in [1.165, 1.54) is 6.07 Å². The van der Waals surface area contributed by atoms with Crippen LogP contribution in [0.4, 0.5) is 18.9 Å². The molecule has 0 aliphatic carbocycles. The van der Waals surface area contributed by atoms with Crippen LogP contribution in [-0.2, 0) is 6.18 Å². The molecule has 1 unspecified atom stereocenters. The lowest BCUT2D eigenvalue weighted by Crippen LogP contribution is -2.14. The average molecular weight is 230 g/mol. The fourth-order valence-corrected chi connectivity index (χ4v) is 2.00. The Morgan fingerprint density at radius 3 is 2.75 bits per heavy atom. The molecule has 0 fully saturated rings. The zero-order valence-electron chi connectivity index (χ0n) is 8.64. The van der Waals surface area contributed by atoms with E-state index in [1.807, 2.05) is 0 Å². The first kappa shape index (κ1) is 11.3. The Kier molecular flexibility index (Phi) is 2.80. The molecule has 1 aromatic rings. The van der Waals surface area contributed by atoms with E-state index in [0.717, 1.165) is 12.5 Å². The van der Waals surface area contributed by atoms with E-state index in [9.17, 15) is 13.2 Å². The molecule has 0 aromatic heterocycles. The maximum absolute atomic E-state index is 12.8. The van der Waals surface area contributed by atoms with Crippen molar-refractivity contribution in [3.05, 3.63) is 29.3 Å². The zero-order valence-corrected chi connectivity index (χ0v) is 8.64. The summed E-state index contributed by atoms with van der Waals surface area (Å²) in [7, 11) is 0. The Balaban J connectivity index is 2.53. The first-order valence-electron chi connectivity index (χ1n) is 5.19. The maximum atomic E-state index is 12.8. The van der Waals surface area contributed by atoms with Crippen molar-refractivity contribution in [3.8, 4) is 0 Å². The van der Waals surface area contributed by atoms with Gasteiger partial charge in [0.1, 0.15) is 0 Å². The van der Waals surface area contributed by atoms with Gasteiger partial charge in [-0.25, -0.2) is 0 Å². The van der Waals surface area contributed by atoms with Crippen LogP contribution in [0.15, 0.2) is 18.2 Å². The van der Waals surface area contributed by atoms with E-state index in [2.05, 4.69) is 5.32 Å². The number of fused-ring (bicyclic) bond motifs is 1. The van der Waals surface area contributed by atoms with Crippen molar-refractivity contribution in [2.75, 3.05) is 11.9 Å². The Labute approximate surface area is 91.6 Å². The molecule has 1 aromatic carbocycles. The molecule has 1 heterocycles. The van der Waals surface area contributed by atoms with Gasteiger partial charge < -0.3 is 11.1 Å². The van der Waals surface area contributed by atoms with Gasteiger partial charge in [0.2, 0.25) is 0 Å². The largest absolute Gasteiger partial charge is 0.418 e. The normalized spacial score (nSPS) is 20.9. The minimum Gasteiger partial charge on any atom is -0.384 e. The average Bonchev–Trinajstić information content (AvgIpc) is 2.39. The lowest BCUT2D eigenvalue weighted by Gasteiger charge is -2.18. The fourth-order valence-electron chi connectivity index (χ4n) is 2.00. The second kappa shape index (κ2) is 3.97. The quantitative estimate of drug-likeness (QED) is 0.719. The van der Waals surface area contributed by atoms with Gasteiger partial charge in [-0.3, -0.25) is 0 Å². The van der Waals surface area contributed by atoms with Crippen LogP contribution in [-0.4, -0.2) is 6.54 Å². The smallest absolute Gasteiger partial charge is 0.384 e. The summed E-state index contributed by atoms with van der Waals surface area (Å²) >= 11 is 0. The number of nitrogens with one attached hydrogen (secondary N) is 1. The molecule has 1 atom stereocenters. The summed E-state index contributed by atoms with van der Waals surface area (Å²) < 4.78 is 38.3. The number of rotatable bonds is 0. The first-order valence-corrected chi connectivity index (χ1v) is 5.19. The van der Waals surface area contributed by atoms with E-state index in [0.29, 0.717) is 18.5 Å². The first-order chi connectivity index (χ1) is 7.50. The SMILES string of the molecule is NC1CCCNc2c1cccc2C(F)(F)F. The highest BCUT2D eigenvalue weighted by molar-refractivity contribution is 5.60. The lowest BCUT2D eigenvalue weighted by molar-refractivity contribution is -0.137. The molecule has 16 heavy (non-hydrogen) atoms. The van der Waals surface area contributed by atoms with Crippen LogP contribution in [0.5, 0.6) is 0 Å². The van der Waals surface area contributed by atoms with Gasteiger partial charge in [0.05, 0.1) is 11.3 Å². The van der Waals surface area contributed by atoms with E-state index in [-0.39, 0.29) is 11.7 Å². The number of hydrogen-bond acceptors (Lipinski definition) is 2. The molecule has 0 saturated carbocycles. The molecular weight excluding hydrogens is 217 g/mol. The lowest BCUT2D eigenvalue weighted by atomic mass is 9.99. The summed E-state index contributed by atoms with van der Waals surface area (Å²) in [5.41, 5.74) is 5.94. The summed E-state index contributed by atoms with van der Waals surface area (Å²) in [6, 6.07) is 3.85. The van der Waals surface area contributed by atoms with Gasteiger partial charge in [-0.2, -0.15) is 13.2 Å². The Morgan fingerprint density at radius 1 is 1.31 bits per heavy atom. The molecule has 1 aliphatic rings. The van der Waals surface area contributed by atoms with Crippen molar-refractivity contribution in [2.24, 2.45) is 5.73 Å². The number of benzene rings is 1. The standard InChI is InChI=1S/C11H13F3N2/c12-11(13,14)8-4-1-3-7-9(15)5-2-6-16-10(7)8/h1,3-4,9,16H,2,5-6,15H2. The number of alkyl halides is 3. The van der Waals surface area contributed by atoms with Crippen LogP contribution in [0.3, 0.4) is 0 Å². The third-order valence-electron chi connectivity index (χ3n) is 2.80. The number of anilines is 1. The topological polar surface area (TPSA) is 38.0 Å². The molecule has 0 bridgehead atoms. The molecule has 0 spiro atoms. The van der Waals surface area contributed by atoms with Crippen molar-refractivity contribution in [2.45, 2.75) is 25.1 Å². The molecule has 88 valence electrons. The minimum absolute atomic E-state index is 0.153. The minimum atomic E-state index is -4.33. The second-order valence-electron chi connectivity index (χ2n) is 3.94. The second-order valence-corrected chi connectivity index (χ2v) is 3.94. The molecule has 2 rings (SSSR count).